The van der Waals surface area contributed by atoms with E-state index in [2.05, 4.69) is 80.1 Å². The van der Waals surface area contributed by atoms with Gasteiger partial charge in [0.15, 0.2) is 0 Å². The lowest BCUT2D eigenvalue weighted by atomic mass is 9.78. The SMILES string of the molecule is CC(c1ccnc(-c2ccc3oc4ncc(-c5ccccc5)cc4c3c2)c1)C(C)(C)C. The van der Waals surface area contributed by atoms with Crippen LogP contribution in [0, 0.1) is 5.41 Å². The molecule has 0 saturated carbocycles. The van der Waals surface area contributed by atoms with Crippen LogP contribution in [0.3, 0.4) is 0 Å². The average molecular weight is 407 g/mol. The lowest BCUT2D eigenvalue weighted by molar-refractivity contribution is 0.339. The number of aromatic nitrogens is 2. The maximum absolute atomic E-state index is 6.01. The maximum atomic E-state index is 6.01. The lowest BCUT2D eigenvalue weighted by Gasteiger charge is -2.27. The molecule has 2 aromatic carbocycles. The summed E-state index contributed by atoms with van der Waals surface area (Å²) in [5, 5.41) is 2.09. The Morgan fingerprint density at radius 1 is 0.774 bits per heavy atom. The van der Waals surface area contributed by atoms with E-state index in [1.165, 1.54) is 5.56 Å². The summed E-state index contributed by atoms with van der Waals surface area (Å²) in [7, 11) is 0. The highest BCUT2D eigenvalue weighted by atomic mass is 16.3. The summed E-state index contributed by atoms with van der Waals surface area (Å²) in [4.78, 5) is 9.24. The van der Waals surface area contributed by atoms with Crippen molar-refractivity contribution in [1.82, 2.24) is 9.97 Å². The maximum Gasteiger partial charge on any atom is 0.227 e. The molecular formula is C28H26N2O. The van der Waals surface area contributed by atoms with Crippen molar-refractivity contribution in [2.45, 2.75) is 33.6 Å². The molecule has 0 amide bonds. The van der Waals surface area contributed by atoms with Gasteiger partial charge in [0.05, 0.1) is 5.69 Å². The number of hydrogen-bond donors (Lipinski definition) is 0. The number of benzene rings is 2. The van der Waals surface area contributed by atoms with E-state index in [9.17, 15) is 0 Å². The molecule has 31 heavy (non-hydrogen) atoms. The standard InChI is InChI=1S/C28H26N2O/c1-18(28(2,3)4)20-12-13-29-25(16-20)21-10-11-26-23(14-21)24-15-22(17-30-27(24)31-26)19-8-6-5-7-9-19/h5-18H,1-4H3. The Kier molecular flexibility index (Phi) is 4.62. The third kappa shape index (κ3) is 3.61. The van der Waals surface area contributed by atoms with Crippen LogP contribution in [0.25, 0.3) is 44.5 Å². The highest BCUT2D eigenvalue weighted by Gasteiger charge is 2.22. The first-order valence-electron chi connectivity index (χ1n) is 10.7. The molecular weight excluding hydrogens is 380 g/mol. The van der Waals surface area contributed by atoms with E-state index >= 15 is 0 Å². The number of fused-ring (bicyclic) bond motifs is 3. The molecule has 0 saturated heterocycles. The molecule has 3 aromatic heterocycles. The molecule has 0 bridgehead atoms. The fraction of sp³-hybridized carbons (Fsp3) is 0.214. The highest BCUT2D eigenvalue weighted by Crippen LogP contribution is 2.37. The van der Waals surface area contributed by atoms with Crippen LogP contribution in [0.15, 0.2) is 83.5 Å². The summed E-state index contributed by atoms with van der Waals surface area (Å²) in [5.74, 6) is 0.436. The summed E-state index contributed by atoms with van der Waals surface area (Å²) in [6.07, 6.45) is 3.79. The van der Waals surface area contributed by atoms with Crippen molar-refractivity contribution in [1.29, 1.82) is 0 Å². The predicted octanol–water partition coefficient (Wildman–Crippen LogP) is 7.86. The van der Waals surface area contributed by atoms with Gasteiger partial charge in [-0.3, -0.25) is 4.98 Å². The molecule has 1 unspecified atom stereocenters. The van der Waals surface area contributed by atoms with E-state index < -0.39 is 0 Å². The zero-order valence-corrected chi connectivity index (χ0v) is 18.4. The molecule has 5 rings (SSSR count). The van der Waals surface area contributed by atoms with Crippen LogP contribution in [0.2, 0.25) is 0 Å². The minimum atomic E-state index is 0.197. The molecule has 0 aliphatic rings. The summed E-state index contributed by atoms with van der Waals surface area (Å²) in [6.45, 7) is 9.11. The molecule has 154 valence electrons. The van der Waals surface area contributed by atoms with Gasteiger partial charge in [0.2, 0.25) is 5.71 Å². The van der Waals surface area contributed by atoms with Gasteiger partial charge in [-0.25, -0.2) is 4.98 Å². The lowest BCUT2D eigenvalue weighted by Crippen LogP contribution is -2.15. The smallest absolute Gasteiger partial charge is 0.227 e. The van der Waals surface area contributed by atoms with Gasteiger partial charge in [-0.15, -0.1) is 0 Å². The molecule has 0 fully saturated rings. The average Bonchev–Trinajstić information content (AvgIpc) is 3.16. The van der Waals surface area contributed by atoms with Crippen molar-refractivity contribution >= 4 is 22.1 Å². The molecule has 0 radical (unpaired) electrons. The zero-order chi connectivity index (χ0) is 21.6. The van der Waals surface area contributed by atoms with E-state index in [4.69, 9.17) is 4.42 Å². The fourth-order valence-electron chi connectivity index (χ4n) is 3.98. The van der Waals surface area contributed by atoms with Gasteiger partial charge in [-0.2, -0.15) is 0 Å². The van der Waals surface area contributed by atoms with Crippen LogP contribution in [-0.2, 0) is 0 Å². The molecule has 0 N–H and O–H groups in total. The third-order valence-corrected chi connectivity index (χ3v) is 6.31. The number of pyridine rings is 2. The molecule has 1 atom stereocenters. The second kappa shape index (κ2) is 7.35. The van der Waals surface area contributed by atoms with Crippen molar-refractivity contribution in [2.24, 2.45) is 5.41 Å². The van der Waals surface area contributed by atoms with Crippen LogP contribution in [0.4, 0.5) is 0 Å². The minimum absolute atomic E-state index is 0.197. The van der Waals surface area contributed by atoms with Crippen LogP contribution >= 0.6 is 0 Å². The van der Waals surface area contributed by atoms with Crippen LogP contribution in [0.1, 0.15) is 39.2 Å². The second-order valence-electron chi connectivity index (χ2n) is 9.32. The molecule has 3 heteroatoms. The monoisotopic (exact) mass is 406 g/mol. The number of furan rings is 1. The summed E-state index contributed by atoms with van der Waals surface area (Å²) < 4.78 is 6.01. The summed E-state index contributed by atoms with van der Waals surface area (Å²) in [5.41, 5.74) is 7.31. The molecule has 0 spiro atoms. The number of nitrogens with zero attached hydrogens (tertiary/aromatic N) is 2. The number of hydrogen-bond acceptors (Lipinski definition) is 3. The first-order chi connectivity index (χ1) is 14.9. The molecule has 0 aliphatic carbocycles. The van der Waals surface area contributed by atoms with Crippen molar-refractivity contribution in [2.75, 3.05) is 0 Å². The van der Waals surface area contributed by atoms with Crippen molar-refractivity contribution in [3.05, 3.63) is 84.7 Å². The topological polar surface area (TPSA) is 38.9 Å². The Bertz CT molecular complexity index is 1380. The van der Waals surface area contributed by atoms with E-state index in [1.807, 2.05) is 36.7 Å². The van der Waals surface area contributed by atoms with Gasteiger partial charge in [-0.05, 0) is 58.9 Å². The van der Waals surface area contributed by atoms with E-state index in [1.54, 1.807) is 0 Å². The van der Waals surface area contributed by atoms with Gasteiger partial charge in [0.25, 0.3) is 0 Å². The van der Waals surface area contributed by atoms with Gasteiger partial charge in [0, 0.05) is 34.3 Å². The van der Waals surface area contributed by atoms with Gasteiger partial charge >= 0.3 is 0 Å². The first-order valence-corrected chi connectivity index (χ1v) is 10.7. The van der Waals surface area contributed by atoms with E-state index in [0.717, 1.165) is 38.7 Å². The van der Waals surface area contributed by atoms with Crippen molar-refractivity contribution in [3.63, 3.8) is 0 Å². The fourth-order valence-corrected chi connectivity index (χ4v) is 3.98. The molecule has 3 heterocycles. The van der Waals surface area contributed by atoms with E-state index in [0.29, 0.717) is 11.6 Å². The third-order valence-electron chi connectivity index (χ3n) is 6.31. The van der Waals surface area contributed by atoms with Gasteiger partial charge in [0.1, 0.15) is 5.58 Å². The minimum Gasteiger partial charge on any atom is -0.438 e. The summed E-state index contributed by atoms with van der Waals surface area (Å²) in [6, 6.07) is 23.1. The quantitative estimate of drug-likeness (QED) is 0.306. The Hall–Kier alpha value is -3.46. The predicted molar refractivity (Wildman–Crippen MR) is 128 cm³/mol. The second-order valence-corrected chi connectivity index (χ2v) is 9.32. The normalized spacial score (nSPS) is 13.0. The molecule has 0 aliphatic heterocycles. The van der Waals surface area contributed by atoms with Crippen LogP contribution < -0.4 is 0 Å². The van der Waals surface area contributed by atoms with Crippen LogP contribution in [0.5, 0.6) is 0 Å². The molecule has 3 nitrogen and oxygen atoms in total. The van der Waals surface area contributed by atoms with Gasteiger partial charge < -0.3 is 4.42 Å². The zero-order valence-electron chi connectivity index (χ0n) is 18.4. The largest absolute Gasteiger partial charge is 0.438 e. The Balaban J connectivity index is 1.62. The van der Waals surface area contributed by atoms with Gasteiger partial charge in [-0.1, -0.05) is 58.0 Å². The Morgan fingerprint density at radius 3 is 2.32 bits per heavy atom. The van der Waals surface area contributed by atoms with Crippen molar-refractivity contribution < 1.29 is 4.42 Å². The van der Waals surface area contributed by atoms with Crippen LogP contribution in [-0.4, -0.2) is 9.97 Å². The van der Waals surface area contributed by atoms with Crippen molar-refractivity contribution in [3.8, 4) is 22.4 Å². The number of rotatable bonds is 3. The molecule has 5 aromatic rings. The highest BCUT2D eigenvalue weighted by molar-refractivity contribution is 6.06. The first kappa shape index (κ1) is 19.5. The summed E-state index contributed by atoms with van der Waals surface area (Å²) >= 11 is 0. The Morgan fingerprint density at radius 2 is 1.55 bits per heavy atom. The Labute approximate surface area is 182 Å². The van der Waals surface area contributed by atoms with E-state index in [-0.39, 0.29) is 5.41 Å².